The molecule has 1 aromatic heterocycles. The Bertz CT molecular complexity index is 411. The molecule has 1 heterocycles. The van der Waals surface area contributed by atoms with Gasteiger partial charge in [-0.1, -0.05) is 26.7 Å². The average molecular weight is 252 g/mol. The van der Waals surface area contributed by atoms with E-state index >= 15 is 0 Å². The first kappa shape index (κ1) is 14.7. The molecule has 3 N–H and O–H groups in total. The predicted molar refractivity (Wildman–Crippen MR) is 73.5 cm³/mol. The molecule has 0 spiro atoms. The second kappa shape index (κ2) is 6.54. The van der Waals surface area contributed by atoms with Crippen LogP contribution in [0.2, 0.25) is 0 Å². The smallest absolute Gasteiger partial charge is 0.242 e. The summed E-state index contributed by atoms with van der Waals surface area (Å²) in [5.74, 6) is 0.626. The normalized spacial score (nSPS) is 12.5. The number of hydrogen-bond donors (Lipinski definition) is 2. The van der Waals surface area contributed by atoms with E-state index in [1.807, 2.05) is 20.9 Å². The number of hydrogen-bond acceptors (Lipinski definition) is 3. The molecule has 0 saturated heterocycles. The molecule has 18 heavy (non-hydrogen) atoms. The van der Waals surface area contributed by atoms with Crippen molar-refractivity contribution in [3.63, 3.8) is 0 Å². The van der Waals surface area contributed by atoms with E-state index < -0.39 is 6.04 Å². The molecular weight excluding hydrogens is 228 g/mol. The maximum Gasteiger partial charge on any atom is 0.242 e. The van der Waals surface area contributed by atoms with Crippen molar-refractivity contribution in [2.45, 2.75) is 52.5 Å². The number of nitrogens with one attached hydrogen (secondary N) is 1. The van der Waals surface area contributed by atoms with Crippen LogP contribution in [-0.2, 0) is 18.3 Å². The SMILES string of the molecule is CCCC[C@H](N)C(=O)Nc1c(C)c(CC)nn1C. The van der Waals surface area contributed by atoms with Crippen molar-refractivity contribution in [1.82, 2.24) is 9.78 Å². The Kier molecular flexibility index (Phi) is 5.34. The molecule has 5 nitrogen and oxygen atoms in total. The van der Waals surface area contributed by atoms with E-state index in [0.29, 0.717) is 0 Å². The van der Waals surface area contributed by atoms with Crippen molar-refractivity contribution in [2.24, 2.45) is 12.8 Å². The van der Waals surface area contributed by atoms with Gasteiger partial charge in [0.05, 0.1) is 11.7 Å². The predicted octanol–water partition coefficient (Wildman–Crippen LogP) is 1.75. The Morgan fingerprint density at radius 3 is 2.67 bits per heavy atom. The molecule has 0 aliphatic heterocycles. The first-order chi connectivity index (χ1) is 8.51. The zero-order valence-electron chi connectivity index (χ0n) is 11.8. The lowest BCUT2D eigenvalue weighted by molar-refractivity contribution is -0.117. The molecule has 1 rings (SSSR count). The highest BCUT2D eigenvalue weighted by molar-refractivity contribution is 5.94. The van der Waals surface area contributed by atoms with Crippen LogP contribution in [0.15, 0.2) is 0 Å². The molecule has 0 aliphatic rings. The Hall–Kier alpha value is -1.36. The van der Waals surface area contributed by atoms with Gasteiger partial charge in [-0.3, -0.25) is 9.48 Å². The monoisotopic (exact) mass is 252 g/mol. The van der Waals surface area contributed by atoms with Gasteiger partial charge in [-0.2, -0.15) is 5.10 Å². The van der Waals surface area contributed by atoms with Crippen molar-refractivity contribution < 1.29 is 4.79 Å². The van der Waals surface area contributed by atoms with Gasteiger partial charge in [0, 0.05) is 12.6 Å². The van der Waals surface area contributed by atoms with Crippen LogP contribution in [0.5, 0.6) is 0 Å². The number of carbonyl (C=O) groups is 1. The molecule has 1 atom stereocenters. The summed E-state index contributed by atoms with van der Waals surface area (Å²) < 4.78 is 1.71. The number of nitrogens with zero attached hydrogens (tertiary/aromatic N) is 2. The fraction of sp³-hybridized carbons (Fsp3) is 0.692. The third-order valence-electron chi connectivity index (χ3n) is 3.16. The summed E-state index contributed by atoms with van der Waals surface area (Å²) in [6.45, 7) is 6.11. The molecule has 0 fully saturated rings. The fourth-order valence-electron chi connectivity index (χ4n) is 1.96. The zero-order chi connectivity index (χ0) is 13.7. The number of aryl methyl sites for hydroxylation is 2. The summed E-state index contributed by atoms with van der Waals surface area (Å²) in [6.07, 6.45) is 3.60. The molecule has 0 radical (unpaired) electrons. The highest BCUT2D eigenvalue weighted by Gasteiger charge is 2.17. The topological polar surface area (TPSA) is 72.9 Å². The molecule has 0 aliphatic carbocycles. The van der Waals surface area contributed by atoms with Crippen molar-refractivity contribution in [2.75, 3.05) is 5.32 Å². The summed E-state index contributed by atoms with van der Waals surface area (Å²) in [4.78, 5) is 11.9. The van der Waals surface area contributed by atoms with Gasteiger partial charge in [0.1, 0.15) is 5.82 Å². The summed E-state index contributed by atoms with van der Waals surface area (Å²) in [5.41, 5.74) is 7.88. The lowest BCUT2D eigenvalue weighted by Gasteiger charge is -2.12. The third kappa shape index (κ3) is 3.32. The summed E-state index contributed by atoms with van der Waals surface area (Å²) in [7, 11) is 1.83. The highest BCUT2D eigenvalue weighted by atomic mass is 16.2. The largest absolute Gasteiger partial charge is 0.320 e. The molecule has 102 valence electrons. The maximum atomic E-state index is 11.9. The van der Waals surface area contributed by atoms with E-state index in [2.05, 4.69) is 17.3 Å². The van der Waals surface area contributed by atoms with Crippen molar-refractivity contribution in [1.29, 1.82) is 0 Å². The molecule has 1 aromatic rings. The highest BCUT2D eigenvalue weighted by Crippen LogP contribution is 2.18. The van der Waals surface area contributed by atoms with Gasteiger partial charge in [-0.15, -0.1) is 0 Å². The minimum absolute atomic E-state index is 0.128. The van der Waals surface area contributed by atoms with E-state index in [1.54, 1.807) is 4.68 Å². The first-order valence-electron chi connectivity index (χ1n) is 6.60. The number of anilines is 1. The van der Waals surface area contributed by atoms with Gasteiger partial charge in [0.2, 0.25) is 5.91 Å². The average Bonchev–Trinajstić information content (AvgIpc) is 2.63. The quantitative estimate of drug-likeness (QED) is 0.810. The Morgan fingerprint density at radius 1 is 1.50 bits per heavy atom. The third-order valence-corrected chi connectivity index (χ3v) is 3.16. The Morgan fingerprint density at radius 2 is 2.17 bits per heavy atom. The molecule has 5 heteroatoms. The van der Waals surface area contributed by atoms with Crippen molar-refractivity contribution in [3.8, 4) is 0 Å². The van der Waals surface area contributed by atoms with Gasteiger partial charge in [0.15, 0.2) is 0 Å². The van der Waals surface area contributed by atoms with Crippen LogP contribution in [0.25, 0.3) is 0 Å². The lowest BCUT2D eigenvalue weighted by atomic mass is 10.1. The van der Waals surface area contributed by atoms with E-state index in [4.69, 9.17) is 5.73 Å². The van der Waals surface area contributed by atoms with Crippen LogP contribution in [0.1, 0.15) is 44.4 Å². The molecule has 0 unspecified atom stereocenters. The second-order valence-corrected chi connectivity index (χ2v) is 4.64. The zero-order valence-corrected chi connectivity index (χ0v) is 11.8. The molecule has 0 saturated carbocycles. The Balaban J connectivity index is 2.72. The number of carbonyl (C=O) groups excluding carboxylic acids is 1. The van der Waals surface area contributed by atoms with E-state index in [0.717, 1.165) is 42.8 Å². The second-order valence-electron chi connectivity index (χ2n) is 4.64. The van der Waals surface area contributed by atoms with Crippen LogP contribution in [0, 0.1) is 6.92 Å². The fourth-order valence-corrected chi connectivity index (χ4v) is 1.96. The minimum Gasteiger partial charge on any atom is -0.320 e. The minimum atomic E-state index is -0.440. The van der Waals surface area contributed by atoms with E-state index in [9.17, 15) is 4.79 Å². The number of aromatic nitrogens is 2. The summed E-state index contributed by atoms with van der Waals surface area (Å²) in [6, 6.07) is -0.440. The lowest BCUT2D eigenvalue weighted by Crippen LogP contribution is -2.36. The van der Waals surface area contributed by atoms with Crippen LogP contribution in [0.4, 0.5) is 5.82 Å². The molecule has 0 aromatic carbocycles. The number of rotatable bonds is 6. The standard InChI is InChI=1S/C13H24N4O/c1-5-7-8-10(14)13(18)15-12-9(3)11(6-2)16-17(12)4/h10H,5-8,14H2,1-4H3,(H,15,18)/t10-/m0/s1. The van der Waals surface area contributed by atoms with Crippen LogP contribution < -0.4 is 11.1 Å². The van der Waals surface area contributed by atoms with Gasteiger partial charge in [-0.25, -0.2) is 0 Å². The molecular formula is C13H24N4O. The number of unbranched alkanes of at least 4 members (excludes halogenated alkanes) is 1. The maximum absolute atomic E-state index is 11.9. The van der Waals surface area contributed by atoms with Crippen LogP contribution >= 0.6 is 0 Å². The van der Waals surface area contributed by atoms with Gasteiger partial charge >= 0.3 is 0 Å². The van der Waals surface area contributed by atoms with E-state index in [-0.39, 0.29) is 5.91 Å². The van der Waals surface area contributed by atoms with E-state index in [1.165, 1.54) is 0 Å². The van der Waals surface area contributed by atoms with Crippen LogP contribution in [0.3, 0.4) is 0 Å². The van der Waals surface area contributed by atoms with Gasteiger partial charge in [-0.05, 0) is 19.8 Å². The van der Waals surface area contributed by atoms with Crippen molar-refractivity contribution in [3.05, 3.63) is 11.3 Å². The summed E-state index contributed by atoms with van der Waals surface area (Å²) in [5, 5.41) is 7.24. The summed E-state index contributed by atoms with van der Waals surface area (Å²) >= 11 is 0. The number of amides is 1. The van der Waals surface area contributed by atoms with Crippen LogP contribution in [-0.4, -0.2) is 21.7 Å². The van der Waals surface area contributed by atoms with Gasteiger partial charge in [0.25, 0.3) is 0 Å². The Labute approximate surface area is 109 Å². The van der Waals surface area contributed by atoms with Gasteiger partial charge < -0.3 is 11.1 Å². The van der Waals surface area contributed by atoms with Crippen molar-refractivity contribution >= 4 is 11.7 Å². The molecule has 1 amide bonds. The number of nitrogens with two attached hydrogens (primary N) is 1. The molecule has 0 bridgehead atoms. The first-order valence-corrected chi connectivity index (χ1v) is 6.60.